The number of carbonyl (C=O) groups is 1. The topological polar surface area (TPSA) is 82.0 Å². The Hall–Kier alpha value is -1.25. The van der Waals surface area contributed by atoms with Crippen LogP contribution in [0.2, 0.25) is 0 Å². The summed E-state index contributed by atoms with van der Waals surface area (Å²) in [5.41, 5.74) is -2.03. The van der Waals surface area contributed by atoms with Gasteiger partial charge in [0.25, 0.3) is 0 Å². The van der Waals surface area contributed by atoms with E-state index in [1.54, 1.807) is 25.1 Å². The Kier molecular flexibility index (Phi) is 6.28. The van der Waals surface area contributed by atoms with Crippen LogP contribution in [0, 0.1) is 11.2 Å². The number of hydrogen-bond acceptors (Lipinski definition) is 5. The second-order valence-electron chi connectivity index (χ2n) is 8.87. The molecule has 1 aromatic carbocycles. The molecule has 0 unspecified atom stereocenters. The number of ether oxygens (including phenoxy) is 1. The summed E-state index contributed by atoms with van der Waals surface area (Å²) in [4.78, 5) is 15.1. The van der Waals surface area contributed by atoms with Gasteiger partial charge in [-0.1, -0.05) is 18.2 Å². The number of aliphatic hydroxyl groups is 2. The molecule has 3 aliphatic heterocycles. The fourth-order valence-electron chi connectivity index (χ4n) is 4.87. The first kappa shape index (κ1) is 22.4. The van der Waals surface area contributed by atoms with E-state index in [0.717, 1.165) is 0 Å². The molecule has 1 amide bonds. The van der Waals surface area contributed by atoms with Crippen LogP contribution < -0.4 is 5.32 Å². The molecule has 4 rings (SSSR count). The second-order valence-corrected chi connectivity index (χ2v) is 8.87. The lowest BCUT2D eigenvalue weighted by molar-refractivity contribution is -0.246. The second kappa shape index (κ2) is 8.12. The number of rotatable bonds is 3. The summed E-state index contributed by atoms with van der Waals surface area (Å²) < 4.78 is 20.0. The maximum atomic E-state index is 14.1. The van der Waals surface area contributed by atoms with Gasteiger partial charge in [0.05, 0.1) is 17.6 Å². The van der Waals surface area contributed by atoms with Crippen LogP contribution in [-0.4, -0.2) is 71.1 Å². The Labute approximate surface area is 176 Å². The van der Waals surface area contributed by atoms with Crippen LogP contribution in [-0.2, 0) is 16.0 Å². The Bertz CT molecular complexity index is 748. The van der Waals surface area contributed by atoms with Gasteiger partial charge >= 0.3 is 0 Å². The van der Waals surface area contributed by atoms with Crippen molar-refractivity contribution in [2.24, 2.45) is 5.41 Å². The van der Waals surface area contributed by atoms with Crippen LogP contribution in [0.5, 0.6) is 0 Å². The third-order valence-corrected chi connectivity index (χ3v) is 6.85. The average molecular weight is 429 g/mol. The molecule has 3 aliphatic rings. The number of benzene rings is 1. The van der Waals surface area contributed by atoms with Gasteiger partial charge in [0.15, 0.2) is 0 Å². The molecule has 6 nitrogen and oxygen atoms in total. The molecule has 3 heterocycles. The van der Waals surface area contributed by atoms with Crippen molar-refractivity contribution in [2.45, 2.75) is 49.9 Å². The third kappa shape index (κ3) is 3.91. The molecule has 162 valence electrons. The van der Waals surface area contributed by atoms with E-state index in [2.05, 4.69) is 5.32 Å². The molecule has 0 aliphatic carbocycles. The van der Waals surface area contributed by atoms with Crippen LogP contribution >= 0.6 is 12.4 Å². The first-order chi connectivity index (χ1) is 13.3. The molecule has 8 heteroatoms. The number of nitrogens with one attached hydrogen (secondary N) is 1. The van der Waals surface area contributed by atoms with E-state index in [9.17, 15) is 19.4 Å². The summed E-state index contributed by atoms with van der Waals surface area (Å²) in [6, 6.07) is 6.61. The number of halogens is 2. The smallest absolute Gasteiger partial charge is 0.231 e. The summed E-state index contributed by atoms with van der Waals surface area (Å²) >= 11 is 0. The molecular formula is C21H30ClFN2O4. The predicted octanol–water partition coefficient (Wildman–Crippen LogP) is 1.27. The number of nitrogens with zero attached hydrogens (tertiary/aromatic N) is 1. The van der Waals surface area contributed by atoms with Crippen molar-refractivity contribution in [1.82, 2.24) is 10.2 Å². The minimum absolute atomic E-state index is 0. The van der Waals surface area contributed by atoms with Crippen molar-refractivity contribution in [3.05, 3.63) is 35.6 Å². The summed E-state index contributed by atoms with van der Waals surface area (Å²) in [5, 5.41) is 24.3. The lowest BCUT2D eigenvalue weighted by atomic mass is 9.72. The molecule has 3 fully saturated rings. The Morgan fingerprint density at radius 3 is 2.52 bits per heavy atom. The first-order valence-electron chi connectivity index (χ1n) is 10.1. The maximum absolute atomic E-state index is 14.1. The number of piperidine rings is 1. The highest BCUT2D eigenvalue weighted by molar-refractivity contribution is 5.85. The van der Waals surface area contributed by atoms with E-state index < -0.39 is 22.7 Å². The van der Waals surface area contributed by atoms with Gasteiger partial charge in [0.2, 0.25) is 5.91 Å². The van der Waals surface area contributed by atoms with Crippen molar-refractivity contribution in [3.63, 3.8) is 0 Å². The van der Waals surface area contributed by atoms with Gasteiger partial charge in [-0.2, -0.15) is 0 Å². The summed E-state index contributed by atoms with van der Waals surface area (Å²) in [7, 11) is 0. The van der Waals surface area contributed by atoms with E-state index in [1.165, 1.54) is 6.07 Å². The zero-order valence-corrected chi connectivity index (χ0v) is 17.5. The van der Waals surface area contributed by atoms with E-state index in [-0.39, 0.29) is 24.1 Å². The first-order valence-corrected chi connectivity index (χ1v) is 10.1. The molecule has 3 saturated heterocycles. The summed E-state index contributed by atoms with van der Waals surface area (Å²) in [5.74, 6) is -0.249. The monoisotopic (exact) mass is 428 g/mol. The van der Waals surface area contributed by atoms with Crippen molar-refractivity contribution < 1.29 is 24.1 Å². The highest BCUT2D eigenvalue weighted by Crippen LogP contribution is 2.41. The predicted molar refractivity (Wildman–Crippen MR) is 108 cm³/mol. The Balaban J connectivity index is 0.00000240. The quantitative estimate of drug-likeness (QED) is 0.675. The third-order valence-electron chi connectivity index (χ3n) is 6.85. The van der Waals surface area contributed by atoms with Gasteiger partial charge in [-0.25, -0.2) is 4.39 Å². The maximum Gasteiger partial charge on any atom is 0.231 e. The van der Waals surface area contributed by atoms with Crippen molar-refractivity contribution in [3.8, 4) is 0 Å². The number of hydrogen-bond donors (Lipinski definition) is 3. The summed E-state index contributed by atoms with van der Waals surface area (Å²) in [6.07, 6.45) is 0.777. The van der Waals surface area contributed by atoms with E-state index in [0.29, 0.717) is 64.0 Å². The minimum Gasteiger partial charge on any atom is -0.387 e. The van der Waals surface area contributed by atoms with Crippen LogP contribution in [0.3, 0.4) is 0 Å². The average Bonchev–Trinajstić information content (AvgIpc) is 2.64. The molecule has 29 heavy (non-hydrogen) atoms. The van der Waals surface area contributed by atoms with Crippen LogP contribution in [0.25, 0.3) is 0 Å². The van der Waals surface area contributed by atoms with Gasteiger partial charge in [-0.15, -0.1) is 12.4 Å². The molecule has 0 saturated carbocycles. The van der Waals surface area contributed by atoms with E-state index >= 15 is 0 Å². The van der Waals surface area contributed by atoms with Crippen molar-refractivity contribution >= 4 is 18.3 Å². The van der Waals surface area contributed by atoms with Gasteiger partial charge < -0.3 is 25.2 Å². The van der Waals surface area contributed by atoms with Gasteiger partial charge in [0.1, 0.15) is 17.5 Å². The van der Waals surface area contributed by atoms with Gasteiger partial charge in [0, 0.05) is 32.6 Å². The zero-order chi connectivity index (χ0) is 20.0. The molecule has 3 N–H and O–H groups in total. The number of carbonyl (C=O) groups excluding carboxylic acids is 1. The van der Waals surface area contributed by atoms with Gasteiger partial charge in [-0.3, -0.25) is 4.79 Å². The van der Waals surface area contributed by atoms with Crippen molar-refractivity contribution in [2.75, 3.05) is 32.8 Å². The van der Waals surface area contributed by atoms with Gasteiger partial charge in [-0.05, 0) is 37.8 Å². The molecule has 0 bridgehead atoms. The molecular weight excluding hydrogens is 399 g/mol. The Morgan fingerprint density at radius 2 is 1.93 bits per heavy atom. The molecule has 0 radical (unpaired) electrons. The standard InChI is InChI=1S/C21H29FN2O4.ClH/c1-19(27)8-11-28-21(17(19)25)6-9-24(10-7-21)18(26)20(13-23-14-20)12-15-4-2-3-5-16(15)22;/h2-5,17,23,25,27H,6-14H2,1H3;1H/t17-,19+;/m0./s1. The zero-order valence-electron chi connectivity index (χ0n) is 16.7. The summed E-state index contributed by atoms with van der Waals surface area (Å²) in [6.45, 7) is 4.04. The van der Waals surface area contributed by atoms with Crippen LogP contribution in [0.1, 0.15) is 31.7 Å². The highest BCUT2D eigenvalue weighted by Gasteiger charge is 2.54. The normalized spacial score (nSPS) is 30.3. The molecule has 2 atom stereocenters. The van der Waals surface area contributed by atoms with Crippen molar-refractivity contribution in [1.29, 1.82) is 0 Å². The molecule has 1 spiro atoms. The fourth-order valence-corrected chi connectivity index (χ4v) is 4.87. The molecule has 1 aromatic rings. The SMILES string of the molecule is C[C@@]1(O)CCOC2(CCN(C(=O)C3(Cc4ccccc4F)CNC3)CC2)[C@H]1O.Cl. The molecule has 0 aromatic heterocycles. The number of aliphatic hydroxyl groups excluding tert-OH is 1. The minimum atomic E-state index is -1.17. The highest BCUT2D eigenvalue weighted by atomic mass is 35.5. The number of amides is 1. The number of likely N-dealkylation sites (tertiary alicyclic amines) is 1. The lowest BCUT2D eigenvalue weighted by Crippen LogP contribution is -2.67. The largest absolute Gasteiger partial charge is 0.387 e. The van der Waals surface area contributed by atoms with E-state index in [4.69, 9.17) is 4.74 Å². The van der Waals surface area contributed by atoms with E-state index in [1.807, 2.05) is 4.90 Å². The fraction of sp³-hybridized carbons (Fsp3) is 0.667. The van der Waals surface area contributed by atoms with Crippen LogP contribution in [0.15, 0.2) is 24.3 Å². The lowest BCUT2D eigenvalue weighted by Gasteiger charge is -2.53. The van der Waals surface area contributed by atoms with Crippen LogP contribution in [0.4, 0.5) is 4.39 Å². The Morgan fingerprint density at radius 1 is 1.28 bits per heavy atom.